The number of carbonyl (C=O) groups is 2. The number of carbonyl (C=O) groups excluding carboxylic acids is 2. The van der Waals surface area contributed by atoms with E-state index in [1.165, 1.54) is 12.8 Å². The Kier molecular flexibility index (Phi) is 6.42. The highest BCUT2D eigenvalue weighted by atomic mass is 35.5. The molecule has 1 aliphatic carbocycles. The minimum Gasteiger partial charge on any atom is -0.352 e. The Balaban J connectivity index is 1.84. The van der Waals surface area contributed by atoms with Crippen LogP contribution in [-0.4, -0.2) is 31.4 Å². The average molecular weight is 338 g/mol. The van der Waals surface area contributed by atoms with Gasteiger partial charge in [-0.1, -0.05) is 25.4 Å². The molecule has 0 aliphatic heterocycles. The first-order valence-corrected chi connectivity index (χ1v) is 8.42. The molecule has 5 nitrogen and oxygen atoms in total. The molecule has 1 aromatic carbocycles. The SMILES string of the molecule is CC(C)CNC(=O)c1ccc(NC(=O)CNCC2CC2)cc1Cl. The molecule has 0 radical (unpaired) electrons. The van der Waals surface area contributed by atoms with Gasteiger partial charge in [-0.15, -0.1) is 0 Å². The van der Waals surface area contributed by atoms with Crippen molar-refractivity contribution in [2.75, 3.05) is 25.0 Å². The van der Waals surface area contributed by atoms with E-state index in [0.29, 0.717) is 28.7 Å². The van der Waals surface area contributed by atoms with Gasteiger partial charge in [0.05, 0.1) is 17.1 Å². The number of benzene rings is 1. The largest absolute Gasteiger partial charge is 0.352 e. The molecule has 0 heterocycles. The average Bonchev–Trinajstić information content (AvgIpc) is 3.29. The van der Waals surface area contributed by atoms with E-state index in [1.807, 2.05) is 13.8 Å². The Hall–Kier alpha value is -1.59. The third kappa shape index (κ3) is 6.20. The van der Waals surface area contributed by atoms with Crippen LogP contribution in [0.4, 0.5) is 5.69 Å². The van der Waals surface area contributed by atoms with E-state index in [0.717, 1.165) is 12.5 Å². The number of hydrogen-bond donors (Lipinski definition) is 3. The second-order valence-corrected chi connectivity index (χ2v) is 6.83. The standard InChI is InChI=1S/C17H24ClN3O2/c1-11(2)8-20-17(23)14-6-5-13(7-15(14)18)21-16(22)10-19-9-12-3-4-12/h5-7,11-12,19H,3-4,8-10H2,1-2H3,(H,20,23)(H,21,22). The predicted molar refractivity (Wildman–Crippen MR) is 92.8 cm³/mol. The molecule has 2 rings (SSSR count). The zero-order valence-electron chi connectivity index (χ0n) is 13.6. The molecular formula is C17H24ClN3O2. The number of anilines is 1. The van der Waals surface area contributed by atoms with Crippen LogP contribution < -0.4 is 16.0 Å². The maximum absolute atomic E-state index is 12.0. The molecule has 1 saturated carbocycles. The lowest BCUT2D eigenvalue weighted by Crippen LogP contribution is -2.29. The quantitative estimate of drug-likeness (QED) is 0.683. The van der Waals surface area contributed by atoms with Crippen molar-refractivity contribution in [1.82, 2.24) is 10.6 Å². The smallest absolute Gasteiger partial charge is 0.252 e. The zero-order chi connectivity index (χ0) is 16.8. The Morgan fingerprint density at radius 1 is 1.30 bits per heavy atom. The van der Waals surface area contributed by atoms with E-state index in [-0.39, 0.29) is 18.4 Å². The summed E-state index contributed by atoms with van der Waals surface area (Å²) in [4.78, 5) is 23.8. The summed E-state index contributed by atoms with van der Waals surface area (Å²) < 4.78 is 0. The van der Waals surface area contributed by atoms with Crippen LogP contribution in [0.25, 0.3) is 0 Å². The molecular weight excluding hydrogens is 314 g/mol. The Morgan fingerprint density at radius 3 is 2.65 bits per heavy atom. The van der Waals surface area contributed by atoms with E-state index in [1.54, 1.807) is 18.2 Å². The van der Waals surface area contributed by atoms with Crippen LogP contribution in [-0.2, 0) is 4.79 Å². The molecule has 0 bridgehead atoms. The van der Waals surface area contributed by atoms with E-state index >= 15 is 0 Å². The van der Waals surface area contributed by atoms with Gasteiger partial charge in [0, 0.05) is 12.2 Å². The maximum Gasteiger partial charge on any atom is 0.252 e. The second kappa shape index (κ2) is 8.31. The maximum atomic E-state index is 12.0. The van der Waals surface area contributed by atoms with Crippen molar-refractivity contribution < 1.29 is 9.59 Å². The Bertz CT molecular complexity index is 571. The molecule has 6 heteroatoms. The van der Waals surface area contributed by atoms with Crippen molar-refractivity contribution in [3.05, 3.63) is 28.8 Å². The van der Waals surface area contributed by atoms with Gasteiger partial charge in [-0.25, -0.2) is 0 Å². The van der Waals surface area contributed by atoms with Crippen molar-refractivity contribution in [2.24, 2.45) is 11.8 Å². The molecule has 0 unspecified atom stereocenters. The van der Waals surface area contributed by atoms with Crippen LogP contribution in [0.2, 0.25) is 5.02 Å². The van der Waals surface area contributed by atoms with Gasteiger partial charge >= 0.3 is 0 Å². The van der Waals surface area contributed by atoms with Crippen LogP contribution in [0.1, 0.15) is 37.0 Å². The van der Waals surface area contributed by atoms with Gasteiger partial charge in [0.2, 0.25) is 5.91 Å². The molecule has 1 aromatic rings. The van der Waals surface area contributed by atoms with Gasteiger partial charge in [-0.3, -0.25) is 9.59 Å². The van der Waals surface area contributed by atoms with Gasteiger partial charge in [-0.05, 0) is 49.4 Å². The zero-order valence-corrected chi connectivity index (χ0v) is 14.4. The first-order chi connectivity index (χ1) is 11.0. The molecule has 126 valence electrons. The molecule has 0 saturated heterocycles. The highest BCUT2D eigenvalue weighted by molar-refractivity contribution is 6.34. The lowest BCUT2D eigenvalue weighted by Gasteiger charge is -2.11. The fraction of sp³-hybridized carbons (Fsp3) is 0.529. The molecule has 0 atom stereocenters. The summed E-state index contributed by atoms with van der Waals surface area (Å²) in [5.74, 6) is 0.798. The van der Waals surface area contributed by atoms with E-state index in [4.69, 9.17) is 11.6 Å². The van der Waals surface area contributed by atoms with Gasteiger partial charge in [0.25, 0.3) is 5.91 Å². The predicted octanol–water partition coefficient (Wildman–Crippen LogP) is 2.66. The van der Waals surface area contributed by atoms with E-state index < -0.39 is 0 Å². The summed E-state index contributed by atoms with van der Waals surface area (Å²) >= 11 is 6.15. The van der Waals surface area contributed by atoms with Crippen molar-refractivity contribution in [3.63, 3.8) is 0 Å². The normalized spacial score (nSPS) is 13.9. The number of rotatable bonds is 8. The van der Waals surface area contributed by atoms with E-state index in [9.17, 15) is 9.59 Å². The van der Waals surface area contributed by atoms with Crippen LogP contribution in [0, 0.1) is 11.8 Å². The number of halogens is 1. The molecule has 23 heavy (non-hydrogen) atoms. The lowest BCUT2D eigenvalue weighted by atomic mass is 10.1. The molecule has 1 fully saturated rings. The first kappa shape index (κ1) is 17.8. The Labute approximate surface area is 142 Å². The van der Waals surface area contributed by atoms with Crippen molar-refractivity contribution in [3.8, 4) is 0 Å². The van der Waals surface area contributed by atoms with Crippen molar-refractivity contribution in [1.29, 1.82) is 0 Å². The van der Waals surface area contributed by atoms with Gasteiger partial charge in [0.1, 0.15) is 0 Å². The van der Waals surface area contributed by atoms with Crippen molar-refractivity contribution in [2.45, 2.75) is 26.7 Å². The number of amides is 2. The van der Waals surface area contributed by atoms with Gasteiger partial charge in [0.15, 0.2) is 0 Å². The monoisotopic (exact) mass is 337 g/mol. The summed E-state index contributed by atoms with van der Waals surface area (Å²) in [6.45, 7) is 5.82. The van der Waals surface area contributed by atoms with E-state index in [2.05, 4.69) is 16.0 Å². The third-order valence-corrected chi connectivity index (χ3v) is 3.90. The minimum atomic E-state index is -0.201. The van der Waals surface area contributed by atoms with Crippen LogP contribution >= 0.6 is 11.6 Å². The molecule has 0 spiro atoms. The summed E-state index contributed by atoms with van der Waals surface area (Å²) in [6, 6.07) is 4.92. The molecule has 3 N–H and O–H groups in total. The van der Waals surface area contributed by atoms with Crippen molar-refractivity contribution >= 4 is 29.1 Å². The highest BCUT2D eigenvalue weighted by Gasteiger charge is 2.20. The number of hydrogen-bond acceptors (Lipinski definition) is 3. The fourth-order valence-electron chi connectivity index (χ4n) is 2.09. The van der Waals surface area contributed by atoms with Crippen LogP contribution in [0.5, 0.6) is 0 Å². The molecule has 0 aromatic heterocycles. The molecule has 1 aliphatic rings. The highest BCUT2D eigenvalue weighted by Crippen LogP contribution is 2.27. The molecule has 2 amide bonds. The summed E-state index contributed by atoms with van der Waals surface area (Å²) in [5, 5.41) is 9.06. The summed E-state index contributed by atoms with van der Waals surface area (Å²) in [5.41, 5.74) is 1.01. The fourth-order valence-corrected chi connectivity index (χ4v) is 2.35. The van der Waals surface area contributed by atoms with Gasteiger partial charge < -0.3 is 16.0 Å². The number of nitrogens with one attached hydrogen (secondary N) is 3. The summed E-state index contributed by atoms with van der Waals surface area (Å²) in [6.07, 6.45) is 2.51. The Morgan fingerprint density at radius 2 is 2.04 bits per heavy atom. The minimum absolute atomic E-state index is 0.112. The third-order valence-electron chi connectivity index (χ3n) is 3.58. The first-order valence-electron chi connectivity index (χ1n) is 8.04. The van der Waals surface area contributed by atoms with Crippen LogP contribution in [0.3, 0.4) is 0 Å². The lowest BCUT2D eigenvalue weighted by molar-refractivity contribution is -0.115. The van der Waals surface area contributed by atoms with Crippen LogP contribution in [0.15, 0.2) is 18.2 Å². The second-order valence-electron chi connectivity index (χ2n) is 6.42. The topological polar surface area (TPSA) is 70.2 Å². The summed E-state index contributed by atoms with van der Waals surface area (Å²) in [7, 11) is 0. The van der Waals surface area contributed by atoms with Gasteiger partial charge in [-0.2, -0.15) is 0 Å².